The molecule has 1 heterocycles. The summed E-state index contributed by atoms with van der Waals surface area (Å²) in [6.45, 7) is 0.806. The van der Waals surface area contributed by atoms with Gasteiger partial charge in [-0.15, -0.1) is 11.8 Å². The van der Waals surface area contributed by atoms with Gasteiger partial charge in [-0.2, -0.15) is 0 Å². The smallest absolute Gasteiger partial charge is 0.330 e. The Morgan fingerprint density at radius 2 is 2.10 bits per heavy atom. The number of thioether (sulfide) groups is 1. The molecule has 2 rings (SSSR count). The second kappa shape index (κ2) is 7.67. The Morgan fingerprint density at radius 1 is 1.35 bits per heavy atom. The summed E-state index contributed by atoms with van der Waals surface area (Å²) in [5, 5.41) is 3.69. The number of hydrogen-bond donors (Lipinski definition) is 1. The highest BCUT2D eigenvalue weighted by Crippen LogP contribution is 2.21. The lowest BCUT2D eigenvalue weighted by atomic mass is 10.2. The number of nitrogens with one attached hydrogen (secondary N) is 1. The Kier molecular flexibility index (Phi) is 5.88. The highest BCUT2D eigenvalue weighted by atomic mass is 35.5. The van der Waals surface area contributed by atoms with Gasteiger partial charge in [0.15, 0.2) is 0 Å². The first-order valence-electron chi connectivity index (χ1n) is 6.51. The molecular formula is C14H16ClNO3S. The molecule has 0 saturated carbocycles. The fourth-order valence-corrected chi connectivity index (χ4v) is 2.86. The van der Waals surface area contributed by atoms with E-state index >= 15 is 0 Å². The molecule has 4 nitrogen and oxygen atoms in total. The lowest BCUT2D eigenvalue weighted by Gasteiger charge is -2.08. The van der Waals surface area contributed by atoms with Crippen LogP contribution >= 0.6 is 23.4 Å². The molecule has 1 saturated heterocycles. The van der Waals surface area contributed by atoms with Crippen molar-refractivity contribution in [3.05, 3.63) is 29.3 Å². The molecule has 0 aromatic heterocycles. The van der Waals surface area contributed by atoms with Crippen molar-refractivity contribution in [1.29, 1.82) is 0 Å². The van der Waals surface area contributed by atoms with E-state index in [9.17, 15) is 9.59 Å². The molecule has 1 aliphatic rings. The topological polar surface area (TPSA) is 55.4 Å². The van der Waals surface area contributed by atoms with Crippen molar-refractivity contribution in [2.75, 3.05) is 12.3 Å². The van der Waals surface area contributed by atoms with Crippen LogP contribution in [0.5, 0.6) is 0 Å². The molecule has 1 aliphatic heterocycles. The number of esters is 2. The summed E-state index contributed by atoms with van der Waals surface area (Å²) in [5.41, 5.74) is 0. The third kappa shape index (κ3) is 4.81. The molecule has 0 amide bonds. The van der Waals surface area contributed by atoms with Gasteiger partial charge in [0.2, 0.25) is 0 Å². The summed E-state index contributed by atoms with van der Waals surface area (Å²) < 4.78 is 4.82. The Labute approximate surface area is 127 Å². The number of benzene rings is 1. The van der Waals surface area contributed by atoms with Crippen LogP contribution < -0.4 is 5.32 Å². The Bertz CT molecular complexity index is 472. The SMILES string of the molecule is O=C(CCSc1ccc(Cl)cc1)OC(=O)[C@@H]1CCCN1. The molecule has 1 aromatic carbocycles. The molecule has 0 unspecified atom stereocenters. The summed E-state index contributed by atoms with van der Waals surface area (Å²) in [6, 6.07) is 7.08. The van der Waals surface area contributed by atoms with Crippen LogP contribution in [-0.4, -0.2) is 30.3 Å². The first-order chi connectivity index (χ1) is 9.65. The van der Waals surface area contributed by atoms with Gasteiger partial charge in [-0.25, -0.2) is 4.79 Å². The fourth-order valence-electron chi connectivity index (χ4n) is 1.90. The van der Waals surface area contributed by atoms with Gasteiger partial charge in [0.1, 0.15) is 6.04 Å². The molecule has 1 aromatic rings. The van der Waals surface area contributed by atoms with Gasteiger partial charge in [0.05, 0.1) is 6.42 Å². The van der Waals surface area contributed by atoms with Crippen LogP contribution in [0.1, 0.15) is 19.3 Å². The van der Waals surface area contributed by atoms with Crippen LogP contribution in [0.15, 0.2) is 29.2 Å². The standard InChI is InChI=1S/C14H16ClNO3S/c15-10-3-5-11(6-4-10)20-9-7-13(17)19-14(18)12-2-1-8-16-12/h3-6,12,16H,1-2,7-9H2/t12-/m0/s1. The Balaban J connectivity index is 1.67. The van der Waals surface area contributed by atoms with Crippen LogP contribution in [-0.2, 0) is 14.3 Å². The van der Waals surface area contributed by atoms with E-state index in [0.717, 1.165) is 24.3 Å². The van der Waals surface area contributed by atoms with Crippen LogP contribution in [0.2, 0.25) is 5.02 Å². The maximum absolute atomic E-state index is 11.6. The normalized spacial score (nSPS) is 17.9. The quantitative estimate of drug-likeness (QED) is 0.514. The number of ether oxygens (including phenoxy) is 1. The van der Waals surface area contributed by atoms with Gasteiger partial charge >= 0.3 is 11.9 Å². The van der Waals surface area contributed by atoms with E-state index < -0.39 is 11.9 Å². The summed E-state index contributed by atoms with van der Waals surface area (Å²) in [5.74, 6) is -0.347. The van der Waals surface area contributed by atoms with E-state index in [1.165, 1.54) is 11.8 Å². The van der Waals surface area contributed by atoms with Crippen molar-refractivity contribution < 1.29 is 14.3 Å². The van der Waals surface area contributed by atoms with Crippen LogP contribution in [0.3, 0.4) is 0 Å². The van der Waals surface area contributed by atoms with E-state index in [1.807, 2.05) is 12.1 Å². The van der Waals surface area contributed by atoms with E-state index in [2.05, 4.69) is 5.32 Å². The predicted octanol–water partition coefficient (Wildman–Crippen LogP) is 2.64. The number of halogens is 1. The van der Waals surface area contributed by atoms with Crippen molar-refractivity contribution in [3.8, 4) is 0 Å². The number of hydrogen-bond acceptors (Lipinski definition) is 5. The number of carbonyl (C=O) groups excluding carboxylic acids is 2. The molecule has 6 heteroatoms. The zero-order valence-corrected chi connectivity index (χ0v) is 12.5. The number of rotatable bonds is 5. The molecule has 0 spiro atoms. The zero-order chi connectivity index (χ0) is 14.4. The highest BCUT2D eigenvalue weighted by Gasteiger charge is 2.25. The van der Waals surface area contributed by atoms with Gasteiger partial charge in [0, 0.05) is 15.7 Å². The third-order valence-electron chi connectivity index (χ3n) is 2.95. The fraction of sp³-hybridized carbons (Fsp3) is 0.429. The number of carbonyl (C=O) groups is 2. The van der Waals surface area contributed by atoms with E-state index in [0.29, 0.717) is 10.8 Å². The average molecular weight is 314 g/mol. The molecule has 0 aliphatic carbocycles. The second-order valence-corrected chi connectivity index (χ2v) is 6.10. The molecule has 0 radical (unpaired) electrons. The minimum atomic E-state index is -0.467. The lowest BCUT2D eigenvalue weighted by Crippen LogP contribution is -2.33. The van der Waals surface area contributed by atoms with Crippen LogP contribution in [0, 0.1) is 0 Å². The largest absolute Gasteiger partial charge is 0.392 e. The molecular weight excluding hydrogens is 298 g/mol. The summed E-state index contributed by atoms with van der Waals surface area (Å²) in [6.07, 6.45) is 1.90. The molecule has 0 bridgehead atoms. The first-order valence-corrected chi connectivity index (χ1v) is 7.88. The maximum Gasteiger partial charge on any atom is 0.330 e. The van der Waals surface area contributed by atoms with Gasteiger partial charge < -0.3 is 10.1 Å². The van der Waals surface area contributed by atoms with Gasteiger partial charge in [-0.1, -0.05) is 11.6 Å². The van der Waals surface area contributed by atoms with Crippen molar-refractivity contribution in [2.45, 2.75) is 30.2 Å². The zero-order valence-electron chi connectivity index (χ0n) is 10.9. The average Bonchev–Trinajstić information content (AvgIpc) is 2.95. The summed E-state index contributed by atoms with van der Waals surface area (Å²) >= 11 is 7.32. The van der Waals surface area contributed by atoms with Crippen molar-refractivity contribution in [1.82, 2.24) is 5.32 Å². The monoisotopic (exact) mass is 313 g/mol. The lowest BCUT2D eigenvalue weighted by molar-refractivity contribution is -0.160. The molecule has 1 atom stereocenters. The summed E-state index contributed by atoms with van der Waals surface area (Å²) in [4.78, 5) is 24.2. The second-order valence-electron chi connectivity index (χ2n) is 4.49. The van der Waals surface area contributed by atoms with Crippen molar-refractivity contribution >= 4 is 35.3 Å². The molecule has 1 N–H and O–H groups in total. The van der Waals surface area contributed by atoms with E-state index in [4.69, 9.17) is 16.3 Å². The van der Waals surface area contributed by atoms with Crippen molar-refractivity contribution in [3.63, 3.8) is 0 Å². The third-order valence-corrected chi connectivity index (χ3v) is 4.21. The minimum Gasteiger partial charge on any atom is -0.392 e. The van der Waals surface area contributed by atoms with E-state index in [1.54, 1.807) is 12.1 Å². The first kappa shape index (κ1) is 15.4. The molecule has 20 heavy (non-hydrogen) atoms. The van der Waals surface area contributed by atoms with Gasteiger partial charge in [-0.3, -0.25) is 4.79 Å². The summed E-state index contributed by atoms with van der Waals surface area (Å²) in [7, 11) is 0. The Hall–Kier alpha value is -1.04. The predicted molar refractivity (Wildman–Crippen MR) is 78.9 cm³/mol. The van der Waals surface area contributed by atoms with Gasteiger partial charge in [0.25, 0.3) is 0 Å². The van der Waals surface area contributed by atoms with Crippen LogP contribution in [0.25, 0.3) is 0 Å². The molecule has 108 valence electrons. The maximum atomic E-state index is 11.6. The minimum absolute atomic E-state index is 0.214. The van der Waals surface area contributed by atoms with Crippen LogP contribution in [0.4, 0.5) is 0 Å². The molecule has 1 fully saturated rings. The highest BCUT2D eigenvalue weighted by molar-refractivity contribution is 7.99. The van der Waals surface area contributed by atoms with Gasteiger partial charge in [-0.05, 0) is 43.7 Å². The Morgan fingerprint density at radius 3 is 2.75 bits per heavy atom. The van der Waals surface area contributed by atoms with Crippen molar-refractivity contribution in [2.24, 2.45) is 0 Å². The van der Waals surface area contributed by atoms with E-state index in [-0.39, 0.29) is 12.5 Å².